The van der Waals surface area contributed by atoms with E-state index in [0.717, 1.165) is 25.7 Å². The summed E-state index contributed by atoms with van der Waals surface area (Å²) >= 11 is 0. The molecule has 0 aromatic rings. The van der Waals surface area contributed by atoms with Crippen molar-refractivity contribution in [2.24, 2.45) is 11.1 Å². The van der Waals surface area contributed by atoms with E-state index in [9.17, 15) is 13.2 Å². The van der Waals surface area contributed by atoms with E-state index in [-0.39, 0.29) is 30.1 Å². The molecule has 1 unspecified atom stereocenters. The van der Waals surface area contributed by atoms with Crippen molar-refractivity contribution < 1.29 is 13.2 Å². The highest BCUT2D eigenvalue weighted by Gasteiger charge is 2.40. The fourth-order valence-corrected chi connectivity index (χ4v) is 3.44. The molecule has 5 nitrogen and oxygen atoms in total. The smallest absolute Gasteiger partial charge is 0.227 e. The number of amides is 1. The van der Waals surface area contributed by atoms with Crippen LogP contribution in [0.2, 0.25) is 0 Å². The number of halogens is 1. The Balaban J connectivity index is 0.00000289. The van der Waals surface area contributed by atoms with Crippen molar-refractivity contribution >= 4 is 28.2 Å². The van der Waals surface area contributed by atoms with E-state index in [1.807, 2.05) is 0 Å². The molecule has 0 heterocycles. The normalized spacial score (nSPS) is 19.9. The molecule has 1 saturated carbocycles. The Labute approximate surface area is 115 Å². The maximum atomic E-state index is 12.1. The van der Waals surface area contributed by atoms with Crippen LogP contribution < -0.4 is 11.1 Å². The van der Waals surface area contributed by atoms with E-state index in [2.05, 4.69) is 5.32 Å². The second kappa shape index (κ2) is 6.73. The molecule has 3 N–H and O–H groups in total. The molecule has 0 bridgehead atoms. The van der Waals surface area contributed by atoms with Crippen LogP contribution in [0, 0.1) is 5.41 Å². The fraction of sp³-hybridized carbons (Fsp3) is 0.909. The van der Waals surface area contributed by atoms with Crippen LogP contribution in [-0.2, 0) is 14.6 Å². The Bertz CT molecular complexity index is 378. The van der Waals surface area contributed by atoms with Gasteiger partial charge in [-0.2, -0.15) is 0 Å². The third-order valence-electron chi connectivity index (χ3n) is 3.36. The number of hydrogen-bond donors (Lipinski definition) is 2. The minimum absolute atomic E-state index is 0. The highest BCUT2D eigenvalue weighted by molar-refractivity contribution is 7.90. The number of sulfone groups is 1. The summed E-state index contributed by atoms with van der Waals surface area (Å²) in [6.07, 6.45) is 4.82. The minimum Gasteiger partial charge on any atom is -0.352 e. The van der Waals surface area contributed by atoms with Gasteiger partial charge in [0.2, 0.25) is 5.91 Å². The number of carbonyl (C=O) groups is 1. The number of carbonyl (C=O) groups excluding carboxylic acids is 1. The van der Waals surface area contributed by atoms with Gasteiger partial charge in [0, 0.05) is 18.8 Å². The molecular formula is C11H23ClN2O3S. The van der Waals surface area contributed by atoms with Crippen LogP contribution in [0.5, 0.6) is 0 Å². The van der Waals surface area contributed by atoms with Crippen LogP contribution in [0.3, 0.4) is 0 Å². The Hall–Kier alpha value is -0.330. The molecule has 7 heteroatoms. The molecule has 1 fully saturated rings. The van der Waals surface area contributed by atoms with Gasteiger partial charge in [-0.05, 0) is 19.8 Å². The molecule has 0 aromatic carbocycles. The quantitative estimate of drug-likeness (QED) is 0.772. The van der Waals surface area contributed by atoms with E-state index >= 15 is 0 Å². The van der Waals surface area contributed by atoms with Gasteiger partial charge < -0.3 is 11.1 Å². The first-order valence-electron chi connectivity index (χ1n) is 5.98. The predicted octanol–water partition coefficient (Wildman–Crippen LogP) is 0.477. The zero-order valence-electron chi connectivity index (χ0n) is 10.9. The number of hydrogen-bond acceptors (Lipinski definition) is 4. The Morgan fingerprint density at radius 1 is 1.39 bits per heavy atom. The second-order valence-electron chi connectivity index (χ2n) is 5.16. The first kappa shape index (κ1) is 17.7. The monoisotopic (exact) mass is 298 g/mol. The van der Waals surface area contributed by atoms with E-state index in [1.54, 1.807) is 6.92 Å². The third kappa shape index (κ3) is 4.74. The van der Waals surface area contributed by atoms with Crippen LogP contribution in [0.1, 0.15) is 32.6 Å². The summed E-state index contributed by atoms with van der Waals surface area (Å²) < 4.78 is 22.2. The van der Waals surface area contributed by atoms with Crippen molar-refractivity contribution in [3.8, 4) is 0 Å². The van der Waals surface area contributed by atoms with Crippen molar-refractivity contribution in [1.82, 2.24) is 5.32 Å². The molecule has 0 aromatic heterocycles. The first-order chi connectivity index (χ1) is 7.79. The predicted molar refractivity (Wildman–Crippen MR) is 74.5 cm³/mol. The van der Waals surface area contributed by atoms with Gasteiger partial charge in [0.25, 0.3) is 0 Å². The Morgan fingerprint density at radius 2 is 1.89 bits per heavy atom. The van der Waals surface area contributed by atoms with Crippen molar-refractivity contribution in [2.75, 3.05) is 18.6 Å². The lowest BCUT2D eigenvalue weighted by Gasteiger charge is -2.27. The van der Waals surface area contributed by atoms with Gasteiger partial charge >= 0.3 is 0 Å². The van der Waals surface area contributed by atoms with E-state index in [4.69, 9.17) is 5.73 Å². The molecule has 0 spiro atoms. The fourth-order valence-electron chi connectivity index (χ4n) is 2.45. The Morgan fingerprint density at radius 3 is 2.28 bits per heavy atom. The maximum Gasteiger partial charge on any atom is 0.227 e. The van der Waals surface area contributed by atoms with E-state index in [1.165, 1.54) is 6.26 Å². The number of rotatable bonds is 5. The maximum absolute atomic E-state index is 12.1. The SMILES string of the molecule is CC(CS(C)(=O)=O)NC(=O)C1(CN)CCCC1.Cl. The lowest BCUT2D eigenvalue weighted by molar-refractivity contribution is -0.130. The third-order valence-corrected chi connectivity index (χ3v) is 4.47. The first-order valence-corrected chi connectivity index (χ1v) is 8.04. The van der Waals surface area contributed by atoms with Gasteiger partial charge in [-0.15, -0.1) is 12.4 Å². The van der Waals surface area contributed by atoms with Gasteiger partial charge in [-0.3, -0.25) is 4.79 Å². The molecular weight excluding hydrogens is 276 g/mol. The lowest BCUT2D eigenvalue weighted by Crippen LogP contribution is -2.48. The average molecular weight is 299 g/mol. The molecule has 0 aliphatic heterocycles. The minimum atomic E-state index is -3.06. The van der Waals surface area contributed by atoms with Crippen molar-refractivity contribution in [2.45, 2.75) is 38.6 Å². The van der Waals surface area contributed by atoms with Crippen LogP contribution in [0.25, 0.3) is 0 Å². The van der Waals surface area contributed by atoms with Crippen molar-refractivity contribution in [3.05, 3.63) is 0 Å². The van der Waals surface area contributed by atoms with Crippen LogP contribution in [0.4, 0.5) is 0 Å². The summed E-state index contributed by atoms with van der Waals surface area (Å²) in [4.78, 5) is 12.1. The van der Waals surface area contributed by atoms with E-state index in [0.29, 0.717) is 6.54 Å². The summed E-state index contributed by atoms with van der Waals surface area (Å²) in [6.45, 7) is 2.04. The summed E-state index contributed by atoms with van der Waals surface area (Å²) in [6, 6.07) is -0.360. The second-order valence-corrected chi connectivity index (χ2v) is 7.34. The molecule has 1 atom stereocenters. The molecule has 1 amide bonds. The molecule has 0 radical (unpaired) electrons. The van der Waals surface area contributed by atoms with Gasteiger partial charge in [0.1, 0.15) is 9.84 Å². The lowest BCUT2D eigenvalue weighted by atomic mass is 9.85. The highest BCUT2D eigenvalue weighted by Crippen LogP contribution is 2.37. The van der Waals surface area contributed by atoms with Crippen LogP contribution >= 0.6 is 12.4 Å². The van der Waals surface area contributed by atoms with Gasteiger partial charge in [0.15, 0.2) is 0 Å². The Kier molecular flexibility index (Phi) is 6.60. The number of nitrogens with two attached hydrogens (primary N) is 1. The van der Waals surface area contributed by atoms with Gasteiger partial charge in [0.05, 0.1) is 11.2 Å². The zero-order valence-corrected chi connectivity index (χ0v) is 12.6. The largest absolute Gasteiger partial charge is 0.352 e. The summed E-state index contributed by atoms with van der Waals surface area (Å²) in [5, 5.41) is 2.77. The molecule has 1 rings (SSSR count). The molecule has 1 aliphatic rings. The van der Waals surface area contributed by atoms with Crippen LogP contribution in [0.15, 0.2) is 0 Å². The van der Waals surface area contributed by atoms with E-state index < -0.39 is 15.3 Å². The molecule has 18 heavy (non-hydrogen) atoms. The standard InChI is InChI=1S/C11H22N2O3S.ClH/c1-9(7-17(2,15)16)13-10(14)11(8-12)5-3-4-6-11;/h9H,3-8,12H2,1-2H3,(H,13,14);1H. The van der Waals surface area contributed by atoms with Crippen molar-refractivity contribution in [1.29, 1.82) is 0 Å². The molecule has 0 saturated heterocycles. The van der Waals surface area contributed by atoms with Crippen LogP contribution in [-0.4, -0.2) is 38.9 Å². The summed E-state index contributed by atoms with van der Waals surface area (Å²) in [5.74, 6) is -0.118. The van der Waals surface area contributed by atoms with Gasteiger partial charge in [-0.25, -0.2) is 8.42 Å². The molecule has 1 aliphatic carbocycles. The zero-order chi connectivity index (χ0) is 13.1. The van der Waals surface area contributed by atoms with Crippen molar-refractivity contribution in [3.63, 3.8) is 0 Å². The number of nitrogens with one attached hydrogen (secondary N) is 1. The highest BCUT2D eigenvalue weighted by atomic mass is 35.5. The topological polar surface area (TPSA) is 89.3 Å². The van der Waals surface area contributed by atoms with Gasteiger partial charge in [-0.1, -0.05) is 12.8 Å². The summed E-state index contributed by atoms with van der Waals surface area (Å²) in [5.41, 5.74) is 5.23. The summed E-state index contributed by atoms with van der Waals surface area (Å²) in [7, 11) is -3.06. The average Bonchev–Trinajstić information content (AvgIpc) is 2.63. The molecule has 108 valence electrons.